The molecule has 4 N–H and O–H groups in total. The number of hydrogen-bond donors (Lipinski definition) is 3. The Balaban J connectivity index is 1.85. The largest absolute Gasteiger partial charge is 0.352 e. The van der Waals surface area contributed by atoms with E-state index in [0.717, 1.165) is 12.8 Å². The maximum atomic E-state index is 11.5. The minimum atomic E-state index is -0.577. The summed E-state index contributed by atoms with van der Waals surface area (Å²) in [5.41, 5.74) is 5.97. The molecule has 98 valence electrons. The minimum Gasteiger partial charge on any atom is -0.352 e. The average molecular weight is 251 g/mol. The smallest absolute Gasteiger partial charge is 0.241 e. The molecule has 0 spiro atoms. The van der Waals surface area contributed by atoms with Crippen molar-refractivity contribution in [3.05, 3.63) is 12.4 Å². The molecule has 1 saturated carbocycles. The Kier molecular flexibility index (Phi) is 3.61. The Morgan fingerprint density at radius 1 is 1.61 bits per heavy atom. The van der Waals surface area contributed by atoms with E-state index in [1.807, 2.05) is 0 Å². The van der Waals surface area contributed by atoms with Gasteiger partial charge >= 0.3 is 0 Å². The lowest BCUT2D eigenvalue weighted by Crippen LogP contribution is -2.32. The van der Waals surface area contributed by atoms with Crippen LogP contribution in [0.25, 0.3) is 0 Å². The van der Waals surface area contributed by atoms with Crippen LogP contribution in [-0.2, 0) is 16.1 Å². The van der Waals surface area contributed by atoms with Crippen LogP contribution in [0.1, 0.15) is 19.8 Å². The number of rotatable bonds is 5. The van der Waals surface area contributed by atoms with E-state index in [1.54, 1.807) is 13.1 Å². The second-order valence-corrected chi connectivity index (χ2v) is 4.55. The lowest BCUT2D eigenvalue weighted by atomic mass is 10.3. The molecule has 1 aliphatic carbocycles. The molecule has 7 heteroatoms. The molecule has 1 aliphatic rings. The Hall–Kier alpha value is -1.89. The first-order valence-corrected chi connectivity index (χ1v) is 5.93. The predicted octanol–water partition coefficient (Wildman–Crippen LogP) is -0.553. The third kappa shape index (κ3) is 3.56. The maximum Gasteiger partial charge on any atom is 0.241 e. The quantitative estimate of drug-likeness (QED) is 0.653. The van der Waals surface area contributed by atoms with E-state index in [4.69, 9.17) is 5.73 Å². The van der Waals surface area contributed by atoms with Crippen molar-refractivity contribution < 1.29 is 9.59 Å². The topological polar surface area (TPSA) is 102 Å². The molecule has 1 heterocycles. The monoisotopic (exact) mass is 251 g/mol. The van der Waals surface area contributed by atoms with Crippen LogP contribution < -0.4 is 16.4 Å². The summed E-state index contributed by atoms with van der Waals surface area (Å²) in [5.74, 6) is -0.345. The summed E-state index contributed by atoms with van der Waals surface area (Å²) in [6.45, 7) is 1.76. The molecule has 1 fully saturated rings. The number of nitrogens with one attached hydrogen (secondary N) is 2. The van der Waals surface area contributed by atoms with Gasteiger partial charge in [-0.25, -0.2) is 0 Å². The third-order valence-corrected chi connectivity index (χ3v) is 2.56. The Labute approximate surface area is 105 Å². The van der Waals surface area contributed by atoms with Crippen molar-refractivity contribution in [1.82, 2.24) is 15.1 Å². The van der Waals surface area contributed by atoms with Crippen LogP contribution in [0.5, 0.6) is 0 Å². The fraction of sp³-hybridized carbons (Fsp3) is 0.545. The van der Waals surface area contributed by atoms with Gasteiger partial charge in [0.25, 0.3) is 0 Å². The summed E-state index contributed by atoms with van der Waals surface area (Å²) in [7, 11) is 0. The second kappa shape index (κ2) is 5.18. The van der Waals surface area contributed by atoms with Gasteiger partial charge in [-0.05, 0) is 19.8 Å². The van der Waals surface area contributed by atoms with Crippen LogP contribution in [0.4, 0.5) is 5.69 Å². The van der Waals surface area contributed by atoms with Gasteiger partial charge in [0, 0.05) is 12.2 Å². The van der Waals surface area contributed by atoms with Crippen molar-refractivity contribution in [2.45, 2.75) is 38.4 Å². The molecule has 7 nitrogen and oxygen atoms in total. The van der Waals surface area contributed by atoms with Gasteiger partial charge in [0.2, 0.25) is 11.8 Å². The van der Waals surface area contributed by atoms with Gasteiger partial charge in [0.1, 0.15) is 6.54 Å². The van der Waals surface area contributed by atoms with Gasteiger partial charge in [-0.1, -0.05) is 0 Å². The van der Waals surface area contributed by atoms with Crippen molar-refractivity contribution in [1.29, 1.82) is 0 Å². The standard InChI is InChI=1S/C11H17N5O2/c1-7(12)11(18)15-9-4-13-16(5-9)6-10(17)14-8-2-3-8/h4-5,7-8H,2-3,6,12H2,1H3,(H,14,17)(H,15,18)/t7-/m1/s1. The van der Waals surface area contributed by atoms with Gasteiger partial charge in [0.05, 0.1) is 17.9 Å². The molecule has 0 unspecified atom stereocenters. The van der Waals surface area contributed by atoms with Gasteiger partial charge in [0.15, 0.2) is 0 Å². The highest BCUT2D eigenvalue weighted by Crippen LogP contribution is 2.18. The lowest BCUT2D eigenvalue weighted by molar-refractivity contribution is -0.122. The highest BCUT2D eigenvalue weighted by atomic mass is 16.2. The van der Waals surface area contributed by atoms with Crippen molar-refractivity contribution in [2.75, 3.05) is 5.32 Å². The van der Waals surface area contributed by atoms with Crippen molar-refractivity contribution >= 4 is 17.5 Å². The highest BCUT2D eigenvalue weighted by molar-refractivity contribution is 5.94. The van der Waals surface area contributed by atoms with Crippen LogP contribution in [0.3, 0.4) is 0 Å². The van der Waals surface area contributed by atoms with E-state index in [2.05, 4.69) is 15.7 Å². The fourth-order valence-electron chi connectivity index (χ4n) is 1.42. The molecule has 2 rings (SSSR count). The number of nitrogens with zero attached hydrogens (tertiary/aromatic N) is 2. The number of carbonyl (C=O) groups is 2. The molecule has 0 radical (unpaired) electrons. The Bertz CT molecular complexity index is 450. The lowest BCUT2D eigenvalue weighted by Gasteiger charge is -2.04. The first-order valence-electron chi connectivity index (χ1n) is 5.93. The summed E-state index contributed by atoms with van der Waals surface area (Å²) < 4.78 is 1.48. The molecule has 18 heavy (non-hydrogen) atoms. The zero-order valence-electron chi connectivity index (χ0n) is 10.2. The number of amides is 2. The number of hydrogen-bond acceptors (Lipinski definition) is 4. The van der Waals surface area contributed by atoms with Crippen LogP contribution in [0, 0.1) is 0 Å². The normalized spacial score (nSPS) is 16.1. The van der Waals surface area contributed by atoms with Gasteiger partial charge in [-0.3, -0.25) is 14.3 Å². The first kappa shape index (κ1) is 12.6. The molecule has 0 aliphatic heterocycles. The zero-order valence-corrected chi connectivity index (χ0v) is 10.2. The summed E-state index contributed by atoms with van der Waals surface area (Å²) in [4.78, 5) is 22.9. The van der Waals surface area contributed by atoms with Gasteiger partial charge in [-0.2, -0.15) is 5.10 Å². The molecular formula is C11H17N5O2. The summed E-state index contributed by atoms with van der Waals surface area (Å²) in [6, 6.07) is -0.239. The van der Waals surface area contributed by atoms with Crippen LogP contribution >= 0.6 is 0 Å². The predicted molar refractivity (Wildman–Crippen MR) is 65.7 cm³/mol. The van der Waals surface area contributed by atoms with Crippen molar-refractivity contribution in [3.8, 4) is 0 Å². The van der Waals surface area contributed by atoms with Crippen molar-refractivity contribution in [2.24, 2.45) is 5.73 Å². The second-order valence-electron chi connectivity index (χ2n) is 4.55. The number of nitrogens with two attached hydrogens (primary N) is 1. The minimum absolute atomic E-state index is 0.0642. The summed E-state index contributed by atoms with van der Waals surface area (Å²) >= 11 is 0. The first-order chi connectivity index (χ1) is 8.54. The molecule has 1 aromatic heterocycles. The summed E-state index contributed by atoms with van der Waals surface area (Å²) in [5, 5.41) is 9.47. The van der Waals surface area contributed by atoms with E-state index < -0.39 is 6.04 Å². The van der Waals surface area contributed by atoms with E-state index >= 15 is 0 Å². The molecule has 0 aromatic carbocycles. The van der Waals surface area contributed by atoms with E-state index in [0.29, 0.717) is 11.7 Å². The Morgan fingerprint density at radius 2 is 2.33 bits per heavy atom. The molecule has 0 saturated heterocycles. The Morgan fingerprint density at radius 3 is 2.94 bits per heavy atom. The van der Waals surface area contributed by atoms with Crippen LogP contribution in [0.2, 0.25) is 0 Å². The number of aromatic nitrogens is 2. The molecular weight excluding hydrogens is 234 g/mol. The van der Waals surface area contributed by atoms with Crippen LogP contribution in [-0.4, -0.2) is 33.7 Å². The zero-order chi connectivity index (χ0) is 13.1. The van der Waals surface area contributed by atoms with Crippen LogP contribution in [0.15, 0.2) is 12.4 Å². The summed E-state index contributed by atoms with van der Waals surface area (Å²) in [6.07, 6.45) is 5.21. The third-order valence-electron chi connectivity index (χ3n) is 2.56. The van der Waals surface area contributed by atoms with E-state index in [9.17, 15) is 9.59 Å². The number of carbonyl (C=O) groups excluding carboxylic acids is 2. The van der Waals surface area contributed by atoms with Gasteiger partial charge < -0.3 is 16.4 Å². The average Bonchev–Trinajstić information content (AvgIpc) is 2.99. The van der Waals surface area contributed by atoms with Crippen molar-refractivity contribution in [3.63, 3.8) is 0 Å². The molecule has 1 aromatic rings. The SMILES string of the molecule is C[C@@H](N)C(=O)Nc1cnn(CC(=O)NC2CC2)c1. The van der Waals surface area contributed by atoms with E-state index in [1.165, 1.54) is 10.9 Å². The van der Waals surface area contributed by atoms with Gasteiger partial charge in [-0.15, -0.1) is 0 Å². The van der Waals surface area contributed by atoms with E-state index in [-0.39, 0.29) is 18.4 Å². The molecule has 0 bridgehead atoms. The molecule has 2 amide bonds. The fourth-order valence-corrected chi connectivity index (χ4v) is 1.42. The molecule has 1 atom stereocenters. The maximum absolute atomic E-state index is 11.5. The number of anilines is 1. The highest BCUT2D eigenvalue weighted by Gasteiger charge is 2.23.